The number of thiophene rings is 1. The first kappa shape index (κ1) is 14.4. The van der Waals surface area contributed by atoms with Crippen molar-refractivity contribution in [1.29, 1.82) is 0 Å². The molecule has 0 aliphatic carbocycles. The minimum Gasteiger partial charge on any atom is -0.310 e. The van der Waals surface area contributed by atoms with Gasteiger partial charge in [-0.3, -0.25) is 9.00 Å². The van der Waals surface area contributed by atoms with Crippen molar-refractivity contribution in [3.05, 3.63) is 27.6 Å². The van der Waals surface area contributed by atoms with Crippen molar-refractivity contribution in [3.63, 3.8) is 0 Å². The number of hydrogen-bond acceptors (Lipinski definition) is 5. The molecule has 2 aromatic rings. The average molecular weight is 299 g/mol. The number of nitrogens with zero attached hydrogens (tertiary/aromatic N) is 1. The van der Waals surface area contributed by atoms with Crippen LogP contribution in [-0.4, -0.2) is 32.2 Å². The van der Waals surface area contributed by atoms with Gasteiger partial charge in [-0.25, -0.2) is 4.98 Å². The molecule has 0 fully saturated rings. The van der Waals surface area contributed by atoms with Gasteiger partial charge in [-0.15, -0.1) is 11.3 Å². The van der Waals surface area contributed by atoms with Gasteiger partial charge in [-0.1, -0.05) is 6.92 Å². The van der Waals surface area contributed by atoms with E-state index in [0.29, 0.717) is 17.1 Å². The van der Waals surface area contributed by atoms with Crippen molar-refractivity contribution in [2.45, 2.75) is 25.1 Å². The molecule has 2 heterocycles. The number of fused-ring (bicyclic) bond motifs is 1. The number of rotatable bonds is 6. The van der Waals surface area contributed by atoms with Crippen molar-refractivity contribution < 1.29 is 4.21 Å². The van der Waals surface area contributed by atoms with Crippen LogP contribution in [0.4, 0.5) is 0 Å². The predicted molar refractivity (Wildman–Crippen MR) is 80.1 cm³/mol. The van der Waals surface area contributed by atoms with Crippen LogP contribution in [0.2, 0.25) is 0 Å². The van der Waals surface area contributed by atoms with E-state index in [1.54, 1.807) is 6.26 Å². The van der Waals surface area contributed by atoms with E-state index in [1.165, 1.54) is 11.3 Å². The molecule has 0 saturated heterocycles. The highest BCUT2D eigenvalue weighted by Crippen LogP contribution is 2.13. The van der Waals surface area contributed by atoms with Gasteiger partial charge in [0.25, 0.3) is 5.56 Å². The van der Waals surface area contributed by atoms with Crippen LogP contribution in [0.25, 0.3) is 10.2 Å². The van der Waals surface area contributed by atoms with E-state index in [-0.39, 0.29) is 10.8 Å². The summed E-state index contributed by atoms with van der Waals surface area (Å²) in [7, 11) is -0.787. The first-order chi connectivity index (χ1) is 9.08. The van der Waals surface area contributed by atoms with E-state index in [9.17, 15) is 9.00 Å². The highest BCUT2D eigenvalue weighted by molar-refractivity contribution is 7.84. The first-order valence-electron chi connectivity index (χ1n) is 6.07. The zero-order valence-corrected chi connectivity index (χ0v) is 12.6. The third-order valence-electron chi connectivity index (χ3n) is 2.95. The quantitative estimate of drug-likeness (QED) is 0.787. The summed E-state index contributed by atoms with van der Waals surface area (Å²) in [4.78, 5) is 18.9. The van der Waals surface area contributed by atoms with Crippen molar-refractivity contribution in [2.24, 2.45) is 0 Å². The molecule has 104 valence electrons. The highest BCUT2D eigenvalue weighted by Gasteiger charge is 2.07. The Morgan fingerprint density at radius 3 is 3.11 bits per heavy atom. The van der Waals surface area contributed by atoms with E-state index in [2.05, 4.69) is 15.3 Å². The van der Waals surface area contributed by atoms with Gasteiger partial charge in [0, 0.05) is 22.3 Å². The molecule has 5 nitrogen and oxygen atoms in total. The molecule has 0 aliphatic rings. The lowest BCUT2D eigenvalue weighted by Gasteiger charge is -2.08. The Morgan fingerprint density at radius 1 is 1.58 bits per heavy atom. The van der Waals surface area contributed by atoms with Crippen LogP contribution in [0.5, 0.6) is 0 Å². The van der Waals surface area contributed by atoms with E-state index in [1.807, 2.05) is 18.4 Å². The smallest absolute Gasteiger partial charge is 0.268 e. The van der Waals surface area contributed by atoms with Gasteiger partial charge in [0.2, 0.25) is 0 Å². The number of hydrogen-bond donors (Lipinski definition) is 2. The largest absolute Gasteiger partial charge is 0.310 e. The van der Waals surface area contributed by atoms with Gasteiger partial charge in [-0.05, 0) is 24.4 Å². The van der Waals surface area contributed by atoms with Crippen molar-refractivity contribution in [3.8, 4) is 0 Å². The van der Waals surface area contributed by atoms with E-state index in [0.717, 1.165) is 18.5 Å². The van der Waals surface area contributed by atoms with Crippen LogP contribution in [0, 0.1) is 0 Å². The molecule has 2 aromatic heterocycles. The zero-order valence-electron chi connectivity index (χ0n) is 10.9. The summed E-state index contributed by atoms with van der Waals surface area (Å²) in [6.07, 6.45) is 2.56. The molecule has 2 N–H and O–H groups in total. The maximum Gasteiger partial charge on any atom is 0.268 e. The lowest BCUT2D eigenvalue weighted by Crippen LogP contribution is -2.23. The van der Waals surface area contributed by atoms with E-state index < -0.39 is 10.8 Å². The minimum absolute atomic E-state index is 0.0835. The molecule has 2 atom stereocenters. The topological polar surface area (TPSA) is 74.8 Å². The maximum absolute atomic E-state index is 11.7. The summed E-state index contributed by atoms with van der Waals surface area (Å²) in [5, 5.41) is 5.25. The van der Waals surface area contributed by atoms with Crippen LogP contribution in [0.3, 0.4) is 0 Å². The zero-order chi connectivity index (χ0) is 13.8. The molecule has 19 heavy (non-hydrogen) atoms. The Morgan fingerprint density at radius 2 is 2.37 bits per heavy atom. The third-order valence-corrected chi connectivity index (χ3v) is 5.22. The van der Waals surface area contributed by atoms with Crippen molar-refractivity contribution in [1.82, 2.24) is 15.3 Å². The third kappa shape index (κ3) is 3.71. The summed E-state index contributed by atoms with van der Waals surface area (Å²) in [6, 6.07) is 1.85. The summed E-state index contributed by atoms with van der Waals surface area (Å²) < 4.78 is 11.9. The number of nitrogens with one attached hydrogen (secondary N) is 2. The molecule has 2 unspecified atom stereocenters. The van der Waals surface area contributed by atoms with Crippen LogP contribution < -0.4 is 10.9 Å². The van der Waals surface area contributed by atoms with Crippen LogP contribution in [-0.2, 0) is 17.3 Å². The second kappa shape index (κ2) is 6.40. The van der Waals surface area contributed by atoms with Gasteiger partial charge in [-0.2, -0.15) is 0 Å². The Labute approximate surface area is 117 Å². The normalized spacial score (nSPS) is 14.6. The molecule has 0 aromatic carbocycles. The molecule has 0 amide bonds. The summed E-state index contributed by atoms with van der Waals surface area (Å²) in [5.41, 5.74) is 0.661. The summed E-state index contributed by atoms with van der Waals surface area (Å²) in [5.74, 6) is 0.640. The number of aromatic amines is 1. The van der Waals surface area contributed by atoms with Gasteiger partial charge in [0.15, 0.2) is 0 Å². The van der Waals surface area contributed by atoms with Gasteiger partial charge < -0.3 is 10.3 Å². The van der Waals surface area contributed by atoms with Crippen LogP contribution in [0.1, 0.15) is 19.2 Å². The van der Waals surface area contributed by atoms with E-state index in [4.69, 9.17) is 0 Å². The van der Waals surface area contributed by atoms with Crippen LogP contribution in [0.15, 0.2) is 16.2 Å². The first-order valence-corrected chi connectivity index (χ1v) is 8.57. The van der Waals surface area contributed by atoms with Crippen molar-refractivity contribution >= 4 is 32.4 Å². The monoisotopic (exact) mass is 299 g/mol. The maximum atomic E-state index is 11.7. The minimum atomic E-state index is -0.787. The lowest BCUT2D eigenvalue weighted by molar-refractivity contribution is 0.616. The molecule has 0 saturated carbocycles. The summed E-state index contributed by atoms with van der Waals surface area (Å²) in [6.45, 7) is 3.24. The fourth-order valence-corrected chi connectivity index (χ4v) is 2.86. The average Bonchev–Trinajstić information content (AvgIpc) is 2.83. The van der Waals surface area contributed by atoms with Gasteiger partial charge >= 0.3 is 0 Å². The molecule has 7 heteroatoms. The molecular weight excluding hydrogens is 282 g/mol. The second-order valence-corrected chi connectivity index (χ2v) is 7.14. The SMILES string of the molecule is CC(CCNCc1nc2ccsc2c(=O)[nH]1)S(C)=O. The Kier molecular flexibility index (Phi) is 4.84. The Bertz CT molecular complexity index is 635. The second-order valence-electron chi connectivity index (χ2n) is 4.42. The van der Waals surface area contributed by atoms with Crippen LogP contribution >= 0.6 is 11.3 Å². The fraction of sp³-hybridized carbons (Fsp3) is 0.500. The molecule has 0 bridgehead atoms. The standard InChI is InChI=1S/C12H17N3O2S2/c1-8(19(2)17)3-5-13-7-10-14-9-4-6-18-11(9)12(16)15-10/h4,6,8,13H,3,5,7H2,1-2H3,(H,14,15,16). The van der Waals surface area contributed by atoms with Gasteiger partial charge in [0.05, 0.1) is 12.1 Å². The van der Waals surface area contributed by atoms with E-state index >= 15 is 0 Å². The Hall–Kier alpha value is -1.05. The fourth-order valence-electron chi connectivity index (χ4n) is 1.68. The molecule has 0 aliphatic heterocycles. The molecule has 0 radical (unpaired) electrons. The predicted octanol–water partition coefficient (Wildman–Crippen LogP) is 1.23. The summed E-state index contributed by atoms with van der Waals surface area (Å²) >= 11 is 1.40. The Balaban J connectivity index is 1.91. The lowest BCUT2D eigenvalue weighted by atomic mass is 10.3. The highest BCUT2D eigenvalue weighted by atomic mass is 32.2. The molecular formula is C12H17N3O2S2. The number of H-pyrrole nitrogens is 1. The molecule has 0 spiro atoms. The molecule has 2 rings (SSSR count). The number of aromatic nitrogens is 2. The van der Waals surface area contributed by atoms with Gasteiger partial charge in [0.1, 0.15) is 10.5 Å². The van der Waals surface area contributed by atoms with Crippen molar-refractivity contribution in [2.75, 3.05) is 12.8 Å².